The van der Waals surface area contributed by atoms with Gasteiger partial charge in [0.2, 0.25) is 5.91 Å². The Morgan fingerprint density at radius 2 is 2.11 bits per heavy atom. The van der Waals surface area contributed by atoms with Crippen LogP contribution in [0.4, 0.5) is 0 Å². The van der Waals surface area contributed by atoms with E-state index < -0.39 is 0 Å². The van der Waals surface area contributed by atoms with Crippen LogP contribution in [0.15, 0.2) is 24.3 Å². The summed E-state index contributed by atoms with van der Waals surface area (Å²) in [4.78, 5) is 11.7. The van der Waals surface area contributed by atoms with Gasteiger partial charge in [0, 0.05) is 25.8 Å². The van der Waals surface area contributed by atoms with Crippen molar-refractivity contribution in [1.82, 2.24) is 5.32 Å². The molecule has 0 fully saturated rings. The molecule has 0 aromatic heterocycles. The average Bonchev–Trinajstić information content (AvgIpc) is 2.42. The summed E-state index contributed by atoms with van der Waals surface area (Å²) >= 11 is 0. The molecule has 0 saturated carbocycles. The molecule has 18 heavy (non-hydrogen) atoms. The second-order valence-electron chi connectivity index (χ2n) is 3.89. The normalized spacial score (nSPS) is 11.9. The Balaban J connectivity index is 2.47. The van der Waals surface area contributed by atoms with E-state index >= 15 is 0 Å². The number of rotatable bonds is 7. The number of para-hydroxylation sites is 1. The first-order chi connectivity index (χ1) is 8.71. The molecule has 1 atom stereocenters. The summed E-state index contributed by atoms with van der Waals surface area (Å²) in [5.74, 6) is 0.679. The molecule has 100 valence electrons. The molecule has 1 aromatic carbocycles. The Bertz CT molecular complexity index is 378. The van der Waals surface area contributed by atoms with Crippen molar-refractivity contribution in [1.29, 1.82) is 0 Å². The Morgan fingerprint density at radius 3 is 2.72 bits per heavy atom. The lowest BCUT2D eigenvalue weighted by Crippen LogP contribution is -2.31. The molecule has 5 nitrogen and oxygen atoms in total. The van der Waals surface area contributed by atoms with Gasteiger partial charge in [-0.1, -0.05) is 18.2 Å². The minimum atomic E-state index is -0.234. The summed E-state index contributed by atoms with van der Waals surface area (Å²) < 4.78 is 10.3. The van der Waals surface area contributed by atoms with Gasteiger partial charge in [0.05, 0.1) is 19.6 Å². The van der Waals surface area contributed by atoms with Gasteiger partial charge >= 0.3 is 0 Å². The molecule has 5 heteroatoms. The highest BCUT2D eigenvalue weighted by Gasteiger charge is 2.11. The van der Waals surface area contributed by atoms with Crippen molar-refractivity contribution < 1.29 is 14.3 Å². The number of amides is 1. The SMILES string of the molecule is COc1ccccc1CNC(=O)CC(CN)OC. The molecule has 1 unspecified atom stereocenters. The first-order valence-corrected chi connectivity index (χ1v) is 5.82. The Kier molecular flexibility index (Phi) is 6.18. The van der Waals surface area contributed by atoms with Crippen LogP contribution in [0.5, 0.6) is 5.75 Å². The molecule has 1 amide bonds. The van der Waals surface area contributed by atoms with Crippen molar-refractivity contribution in [2.45, 2.75) is 19.1 Å². The zero-order valence-corrected chi connectivity index (χ0v) is 10.8. The monoisotopic (exact) mass is 252 g/mol. The van der Waals surface area contributed by atoms with Gasteiger partial charge in [0.15, 0.2) is 0 Å². The lowest BCUT2D eigenvalue weighted by molar-refractivity contribution is -0.123. The second-order valence-corrected chi connectivity index (χ2v) is 3.89. The fourth-order valence-electron chi connectivity index (χ4n) is 1.58. The molecule has 0 aliphatic rings. The van der Waals surface area contributed by atoms with Crippen molar-refractivity contribution in [3.63, 3.8) is 0 Å². The molecule has 1 aromatic rings. The Morgan fingerprint density at radius 1 is 1.39 bits per heavy atom. The van der Waals surface area contributed by atoms with Crippen LogP contribution in [0.2, 0.25) is 0 Å². The van der Waals surface area contributed by atoms with Gasteiger partial charge in [0.1, 0.15) is 5.75 Å². The summed E-state index contributed by atoms with van der Waals surface area (Å²) in [6.07, 6.45) is 0.0324. The maximum Gasteiger partial charge on any atom is 0.222 e. The van der Waals surface area contributed by atoms with E-state index in [0.717, 1.165) is 11.3 Å². The molecule has 3 N–H and O–H groups in total. The maximum absolute atomic E-state index is 11.7. The zero-order valence-electron chi connectivity index (χ0n) is 10.8. The average molecular weight is 252 g/mol. The number of nitrogens with one attached hydrogen (secondary N) is 1. The van der Waals surface area contributed by atoms with Gasteiger partial charge in [-0.2, -0.15) is 0 Å². The van der Waals surface area contributed by atoms with Gasteiger partial charge in [0.25, 0.3) is 0 Å². The molecular weight excluding hydrogens is 232 g/mol. The molecule has 0 heterocycles. The predicted octanol–water partition coefficient (Wildman–Crippen LogP) is 0.675. The van der Waals surface area contributed by atoms with Crippen LogP contribution in [0, 0.1) is 0 Å². The molecule has 0 aliphatic carbocycles. The van der Waals surface area contributed by atoms with Gasteiger partial charge in [-0.3, -0.25) is 4.79 Å². The Labute approximate surface area is 107 Å². The number of ether oxygens (including phenoxy) is 2. The lowest BCUT2D eigenvalue weighted by Gasteiger charge is -2.13. The number of carbonyl (C=O) groups is 1. The van der Waals surface area contributed by atoms with E-state index in [1.165, 1.54) is 0 Å². The third-order valence-corrected chi connectivity index (χ3v) is 2.68. The number of benzene rings is 1. The second kappa shape index (κ2) is 7.68. The van der Waals surface area contributed by atoms with Crippen LogP contribution in [-0.2, 0) is 16.1 Å². The van der Waals surface area contributed by atoms with E-state index in [2.05, 4.69) is 5.32 Å². The van der Waals surface area contributed by atoms with E-state index in [9.17, 15) is 4.79 Å². The van der Waals surface area contributed by atoms with Crippen LogP contribution in [0.25, 0.3) is 0 Å². The zero-order chi connectivity index (χ0) is 13.4. The third-order valence-electron chi connectivity index (χ3n) is 2.68. The van der Waals surface area contributed by atoms with Crippen LogP contribution in [0.3, 0.4) is 0 Å². The van der Waals surface area contributed by atoms with Gasteiger partial charge in [-0.15, -0.1) is 0 Å². The van der Waals surface area contributed by atoms with Gasteiger partial charge in [-0.05, 0) is 6.07 Å². The maximum atomic E-state index is 11.7. The predicted molar refractivity (Wildman–Crippen MR) is 69.3 cm³/mol. The summed E-state index contributed by atoms with van der Waals surface area (Å²) in [6.45, 7) is 0.766. The first kappa shape index (κ1) is 14.5. The summed E-state index contributed by atoms with van der Waals surface area (Å²) in [6, 6.07) is 7.57. The highest BCUT2D eigenvalue weighted by Crippen LogP contribution is 2.16. The number of carbonyl (C=O) groups excluding carboxylic acids is 1. The van der Waals surface area contributed by atoms with Crippen molar-refractivity contribution in [2.75, 3.05) is 20.8 Å². The van der Waals surface area contributed by atoms with E-state index in [1.807, 2.05) is 24.3 Å². The number of hydrogen-bond donors (Lipinski definition) is 2. The van der Waals surface area contributed by atoms with E-state index in [4.69, 9.17) is 15.2 Å². The molecule has 0 aliphatic heterocycles. The number of nitrogens with two attached hydrogens (primary N) is 1. The summed E-state index contributed by atoms with van der Waals surface area (Å²) in [7, 11) is 3.15. The van der Waals surface area contributed by atoms with Crippen LogP contribution in [0.1, 0.15) is 12.0 Å². The van der Waals surface area contributed by atoms with Crippen LogP contribution >= 0.6 is 0 Å². The highest BCUT2D eigenvalue weighted by atomic mass is 16.5. The fraction of sp³-hybridized carbons (Fsp3) is 0.462. The molecule has 0 radical (unpaired) electrons. The first-order valence-electron chi connectivity index (χ1n) is 5.82. The molecule has 0 spiro atoms. The van der Waals surface area contributed by atoms with Gasteiger partial charge < -0.3 is 20.5 Å². The van der Waals surface area contributed by atoms with E-state index in [-0.39, 0.29) is 18.4 Å². The smallest absolute Gasteiger partial charge is 0.222 e. The van der Waals surface area contributed by atoms with E-state index in [1.54, 1.807) is 14.2 Å². The molecular formula is C13H20N2O3. The minimum absolute atomic E-state index is 0.0850. The van der Waals surface area contributed by atoms with Crippen molar-refractivity contribution in [3.05, 3.63) is 29.8 Å². The van der Waals surface area contributed by atoms with E-state index in [0.29, 0.717) is 13.1 Å². The number of hydrogen-bond acceptors (Lipinski definition) is 4. The largest absolute Gasteiger partial charge is 0.496 e. The molecule has 1 rings (SSSR count). The third kappa shape index (κ3) is 4.35. The lowest BCUT2D eigenvalue weighted by atomic mass is 10.2. The quantitative estimate of drug-likeness (QED) is 0.748. The fourth-order valence-corrected chi connectivity index (χ4v) is 1.58. The highest BCUT2D eigenvalue weighted by molar-refractivity contribution is 5.76. The summed E-state index contributed by atoms with van der Waals surface area (Å²) in [5, 5.41) is 2.82. The van der Waals surface area contributed by atoms with Crippen LogP contribution in [-0.4, -0.2) is 32.8 Å². The van der Waals surface area contributed by atoms with Crippen LogP contribution < -0.4 is 15.8 Å². The minimum Gasteiger partial charge on any atom is -0.496 e. The van der Waals surface area contributed by atoms with Crippen molar-refractivity contribution >= 4 is 5.91 Å². The molecule has 0 saturated heterocycles. The standard InChI is InChI=1S/C13H20N2O3/c1-17-11(8-14)7-13(16)15-9-10-5-3-4-6-12(10)18-2/h3-6,11H,7-9,14H2,1-2H3,(H,15,16). The summed E-state index contributed by atoms with van der Waals surface area (Å²) in [5.41, 5.74) is 6.40. The molecule has 0 bridgehead atoms. The number of methoxy groups -OCH3 is 2. The topological polar surface area (TPSA) is 73.6 Å². The van der Waals surface area contributed by atoms with Crippen molar-refractivity contribution in [2.24, 2.45) is 5.73 Å². The van der Waals surface area contributed by atoms with Gasteiger partial charge in [-0.25, -0.2) is 0 Å². The van der Waals surface area contributed by atoms with Crippen molar-refractivity contribution in [3.8, 4) is 5.75 Å². The Hall–Kier alpha value is -1.59.